The lowest BCUT2D eigenvalue weighted by atomic mass is 10.0. The Labute approximate surface area is 514 Å². The first-order chi connectivity index (χ1) is 38.7. The zero-order valence-electron chi connectivity index (χ0n) is 49.0. The quantitative estimate of drug-likeness (QED) is 0.0124. The maximum atomic E-state index is 13.3. The fraction of sp³-hybridized carbons (Fsp3) is 0.732. The van der Waals surface area contributed by atoms with E-state index in [-0.39, 0.29) is 89.0 Å². The largest absolute Gasteiger partial charge is 1.00 e. The number of carboxylic acid groups (broad SMARTS) is 2. The van der Waals surface area contributed by atoms with E-state index in [0.29, 0.717) is 62.2 Å². The summed E-state index contributed by atoms with van der Waals surface area (Å²) < 4.78 is 98.7. The average molecular weight is 1360 g/mol. The van der Waals surface area contributed by atoms with E-state index in [1.165, 1.54) is 0 Å². The Morgan fingerprint density at radius 1 is 0.651 bits per heavy atom. The van der Waals surface area contributed by atoms with E-state index in [9.17, 15) is 89.9 Å². The Balaban J connectivity index is 0.000000885. The normalized spacial score (nSPS) is 24.2. The van der Waals surface area contributed by atoms with E-state index < -0.39 is 137 Å². The first kappa shape index (κ1) is 78.3. The number of aliphatic carboxylic acids is 2. The van der Waals surface area contributed by atoms with Gasteiger partial charge in [-0.2, -0.15) is 31.2 Å². The van der Waals surface area contributed by atoms with E-state index in [2.05, 4.69) is 6.58 Å². The molecule has 0 radical (unpaired) electrons. The summed E-state index contributed by atoms with van der Waals surface area (Å²) in [6.45, 7) is 16.7. The van der Waals surface area contributed by atoms with Crippen molar-refractivity contribution in [1.82, 2.24) is 25.3 Å². The van der Waals surface area contributed by atoms with Gasteiger partial charge in [-0.3, -0.25) is 19.2 Å². The van der Waals surface area contributed by atoms with E-state index in [1.54, 1.807) is 71.3 Å². The molecule has 6 amide bonds. The number of imide groups is 1. The topological polar surface area (TPSA) is 331 Å². The third-order valence-corrected chi connectivity index (χ3v) is 13.9. The Kier molecular flexibility index (Phi) is 30.0. The summed E-state index contributed by atoms with van der Waals surface area (Å²) in [5.41, 5.74) is 1.97. The molecule has 2 saturated heterocycles. The Morgan fingerprint density at radius 3 is 1.38 bits per heavy atom. The monoisotopic (exact) mass is 1360 g/mol. The highest BCUT2D eigenvalue weighted by Gasteiger charge is 2.69. The van der Waals surface area contributed by atoms with Crippen molar-refractivity contribution < 1.29 is 133 Å². The van der Waals surface area contributed by atoms with Gasteiger partial charge in [0, 0.05) is 37.8 Å². The van der Waals surface area contributed by atoms with Crippen LogP contribution in [0.5, 0.6) is 0 Å². The molecule has 492 valence electrons. The first-order valence-electron chi connectivity index (χ1n) is 27.8. The number of unbranched alkanes of at least 4 members (excludes halogenated alkanes) is 6. The van der Waals surface area contributed by atoms with Crippen molar-refractivity contribution in [3.63, 3.8) is 0 Å². The number of halogens is 7. The highest BCUT2D eigenvalue weighted by atomic mass is 127. The maximum Gasteiger partial charge on any atom is 0.471 e. The van der Waals surface area contributed by atoms with Gasteiger partial charge in [0.2, 0.25) is 11.8 Å². The summed E-state index contributed by atoms with van der Waals surface area (Å²) >= 11 is 0. The standard InChI is InChI=1S/C32H48F3N3O11.C23H34F3N3O6.CH4.HI/c1-8-47-26(44)31(38(27(45)48-29(2,3)4)28(46)49-30(5,6)7)17-19(31)14-12-10-9-11-13-15-21(36-25(43)32(33,34)35)23(40)37-18-20(39)16-22(37)24(41)42;1-3-35-14(2)22(27)12-15(22)9-7-5-4-6-8-10-17(28-21(34)23(24,25)26)19(31)29-13-16(30)11-18(29)20(32)33;;/h12,14,19-22,39H,8-11,13,15-18H2,1-7H3,(H,36,43)(H,41,42);7,9,15-18,30H,2-6,8,10-13,27H2,1H3,(H,28,34)(H,32,33);1H4;1H/p-1/b14-12-;9-7-;;/t19-,20-,21+,22+,31-;15-,16-,17+,18+,22+;;/m11../s1. The second kappa shape index (κ2) is 33.0. The Bertz CT molecular complexity index is 2410. The molecule has 23 nitrogen and oxygen atoms in total. The SMILES string of the molecule is C.C=C(OCC)[C@@]1(N)C[C@H]1/C=C\CCCCC[C@H](NC(=O)C(F)(F)F)C(=O)N1C[C@H](O)C[C@H]1C(=O)O.CCOC(=O)[C@@]1(N(C(=O)OC(C)(C)C)C(=O)OC(C)(C)C)C[C@H]1/C=C\CCCCC[C@H](NC(=O)C(F)(F)F)C(=O)N1C[C@H](O)C[C@H]1C(=O)O.[I-]. The molecule has 2 saturated carbocycles. The third kappa shape index (κ3) is 23.1. The van der Waals surface area contributed by atoms with Crippen LogP contribution in [0.4, 0.5) is 35.9 Å². The zero-order valence-corrected chi connectivity index (χ0v) is 51.2. The second-order valence-corrected chi connectivity index (χ2v) is 23.1. The summed E-state index contributed by atoms with van der Waals surface area (Å²) in [5.74, 6) is -10.2. The smallest absolute Gasteiger partial charge is 0.471 e. The van der Waals surface area contributed by atoms with Gasteiger partial charge >= 0.3 is 54.3 Å². The van der Waals surface area contributed by atoms with Gasteiger partial charge in [-0.25, -0.2) is 24.0 Å². The number of allylic oxidation sites excluding steroid dienone is 2. The number of nitrogens with one attached hydrogen (secondary N) is 2. The molecule has 2 aliphatic heterocycles. The summed E-state index contributed by atoms with van der Waals surface area (Å²) in [6.07, 6.45) is -3.88. The molecular weight excluding hydrogens is 1270 g/mol. The molecule has 2 aliphatic carbocycles. The molecule has 4 aliphatic rings. The van der Waals surface area contributed by atoms with Crippen LogP contribution in [-0.4, -0.2) is 186 Å². The molecule has 8 N–H and O–H groups in total. The van der Waals surface area contributed by atoms with Crippen LogP contribution in [0.25, 0.3) is 0 Å². The molecule has 86 heavy (non-hydrogen) atoms. The van der Waals surface area contributed by atoms with Gasteiger partial charge in [0.25, 0.3) is 0 Å². The van der Waals surface area contributed by atoms with E-state index in [4.69, 9.17) is 24.7 Å². The van der Waals surface area contributed by atoms with Crippen molar-refractivity contribution in [3.8, 4) is 0 Å². The second-order valence-electron chi connectivity index (χ2n) is 23.1. The Hall–Kier alpha value is -5.76. The summed E-state index contributed by atoms with van der Waals surface area (Å²) in [4.78, 5) is 114. The minimum Gasteiger partial charge on any atom is -1.00 e. The van der Waals surface area contributed by atoms with Crippen molar-refractivity contribution in [2.45, 2.75) is 224 Å². The lowest BCUT2D eigenvalue weighted by Gasteiger charge is -2.33. The number of carbonyl (C=O) groups is 9. The van der Waals surface area contributed by atoms with Gasteiger partial charge in [-0.05, 0) is 107 Å². The van der Waals surface area contributed by atoms with Gasteiger partial charge in [0.05, 0.1) is 31.0 Å². The van der Waals surface area contributed by atoms with Crippen molar-refractivity contribution in [2.24, 2.45) is 17.6 Å². The Morgan fingerprint density at radius 2 is 1.03 bits per heavy atom. The number of hydrogen-bond acceptors (Lipinski definition) is 16. The van der Waals surface area contributed by atoms with Crippen molar-refractivity contribution >= 4 is 53.7 Å². The number of esters is 1. The number of nitrogens with zero attached hydrogens (tertiary/aromatic N) is 3. The minimum atomic E-state index is -5.27. The molecule has 0 bridgehead atoms. The molecular formula is C56H86F6IN6O17-. The predicted molar refractivity (Wildman–Crippen MR) is 292 cm³/mol. The molecule has 2 heterocycles. The van der Waals surface area contributed by atoms with E-state index in [1.807, 2.05) is 19.1 Å². The number of rotatable bonds is 26. The molecule has 10 atom stereocenters. The van der Waals surface area contributed by atoms with Gasteiger partial charge in [0.15, 0.2) is 5.54 Å². The lowest BCUT2D eigenvalue weighted by Crippen LogP contribution is -3.00. The van der Waals surface area contributed by atoms with Crippen molar-refractivity contribution in [3.05, 3.63) is 36.6 Å². The number of carbonyl (C=O) groups excluding carboxylic acids is 7. The van der Waals surface area contributed by atoms with Crippen LogP contribution in [0.3, 0.4) is 0 Å². The third-order valence-electron chi connectivity index (χ3n) is 13.9. The number of nitrogens with two attached hydrogens (primary N) is 1. The number of amides is 6. The van der Waals surface area contributed by atoms with E-state index in [0.717, 1.165) is 16.2 Å². The molecule has 0 unspecified atom stereocenters. The van der Waals surface area contributed by atoms with Crippen molar-refractivity contribution in [1.29, 1.82) is 0 Å². The molecule has 30 heteroatoms. The molecule has 0 spiro atoms. The molecule has 0 aromatic rings. The zero-order chi connectivity index (χ0) is 63.9. The summed E-state index contributed by atoms with van der Waals surface area (Å²) in [7, 11) is 0. The van der Waals surface area contributed by atoms with Gasteiger partial charge in [0.1, 0.15) is 41.1 Å². The summed E-state index contributed by atoms with van der Waals surface area (Å²) in [5, 5.41) is 41.6. The van der Waals surface area contributed by atoms with E-state index >= 15 is 0 Å². The van der Waals surface area contributed by atoms with Gasteiger partial charge < -0.3 is 89.5 Å². The molecule has 4 rings (SSSR count). The number of carboxylic acids is 2. The van der Waals surface area contributed by atoms with Crippen LogP contribution in [0.15, 0.2) is 36.6 Å². The number of β-amino-alcohol motifs (C(OH)–C–C–N with tert-alkyl or cyclic N) is 2. The number of likely N-dealkylation sites (tertiary alicyclic amines) is 2. The fourth-order valence-corrected chi connectivity index (χ4v) is 9.61. The maximum absolute atomic E-state index is 13.3. The molecule has 0 aromatic carbocycles. The number of aliphatic hydroxyl groups is 2. The highest BCUT2D eigenvalue weighted by Crippen LogP contribution is 2.52. The number of hydrogen-bond donors (Lipinski definition) is 7. The molecule has 0 aromatic heterocycles. The number of aliphatic hydroxyl groups excluding tert-OH is 2. The lowest BCUT2D eigenvalue weighted by molar-refractivity contribution is -0.175. The van der Waals surface area contributed by atoms with Gasteiger partial charge in [-0.15, -0.1) is 0 Å². The van der Waals surface area contributed by atoms with Crippen LogP contribution in [0, 0.1) is 11.8 Å². The van der Waals surface area contributed by atoms with Gasteiger partial charge in [-0.1, -0.05) is 64.0 Å². The van der Waals surface area contributed by atoms with Crippen LogP contribution in [0.1, 0.15) is 153 Å². The van der Waals surface area contributed by atoms with Crippen LogP contribution in [-0.2, 0) is 52.5 Å². The number of ether oxygens (including phenoxy) is 4. The van der Waals surface area contributed by atoms with Crippen LogP contribution in [0.2, 0.25) is 0 Å². The van der Waals surface area contributed by atoms with Crippen LogP contribution >= 0.6 is 0 Å². The van der Waals surface area contributed by atoms with Crippen molar-refractivity contribution in [2.75, 3.05) is 26.3 Å². The minimum absolute atomic E-state index is 0. The van der Waals surface area contributed by atoms with Crippen LogP contribution < -0.4 is 40.3 Å². The molecule has 4 fully saturated rings. The predicted octanol–water partition coefficient (Wildman–Crippen LogP) is 3.57. The highest BCUT2D eigenvalue weighted by molar-refractivity contribution is 5.99. The number of alkyl halides is 6. The average Bonchev–Trinajstić information content (AvgIpc) is 1.83. The fourth-order valence-electron chi connectivity index (χ4n) is 9.61. The first-order valence-corrected chi connectivity index (χ1v) is 27.8. The summed E-state index contributed by atoms with van der Waals surface area (Å²) in [6, 6.07) is -6.01.